The van der Waals surface area contributed by atoms with Crippen molar-refractivity contribution in [3.8, 4) is 11.5 Å². The highest BCUT2D eigenvalue weighted by Crippen LogP contribution is 2.39. The molecule has 2 saturated heterocycles. The molecule has 2 unspecified atom stereocenters. The number of piperidine rings is 2. The number of carbonyl (C=O) groups is 6. The minimum atomic E-state index is -3.40. The average molecular weight is 795 g/mol. The molecule has 5 amide bonds. The molecule has 0 saturated carbocycles. The van der Waals surface area contributed by atoms with Crippen molar-refractivity contribution in [1.82, 2.24) is 25.8 Å². The Labute approximate surface area is 326 Å². The molecule has 0 aliphatic carbocycles. The zero-order chi connectivity index (χ0) is 40.9. The lowest BCUT2D eigenvalue weighted by Crippen LogP contribution is -2.58. The van der Waals surface area contributed by atoms with Crippen molar-refractivity contribution in [2.45, 2.75) is 50.7 Å². The number of nitrogens with one attached hydrogen (secondary N) is 3. The number of ether oxygens (including phenoxy) is 2. The quantitative estimate of drug-likeness (QED) is 0.162. The number of amides is 5. The summed E-state index contributed by atoms with van der Waals surface area (Å²) >= 11 is 1.08. The zero-order valence-corrected chi connectivity index (χ0v) is 32.7. The van der Waals surface area contributed by atoms with Crippen LogP contribution in [0.25, 0.3) is 5.57 Å². The standard InChI is InChI=1S/C39H44F2N6O8S/c1-22-13-32(56-35(22)27(17-42-21-49)24-14-30(54-5)28(18-45(2)3)31(15-24)55-6)37(52)43-33-11-12-47(20-39(33,40)41)25-8-7-23(19-48)26(16-25)38(53)46(4)29-9-10-34(50)44-36(29)51/h7-8,13-17,19,21,29,33H,9-12,18,20H2,1-6H3,(H,42,49)(H,43,52)(H,44,50,51)/b27-17-. The van der Waals surface area contributed by atoms with Gasteiger partial charge in [-0.15, -0.1) is 11.3 Å². The number of benzene rings is 2. The van der Waals surface area contributed by atoms with Gasteiger partial charge < -0.3 is 34.8 Å². The number of alkyl halides is 2. The van der Waals surface area contributed by atoms with E-state index < -0.39 is 48.2 Å². The van der Waals surface area contributed by atoms with Crippen molar-refractivity contribution < 1.29 is 47.0 Å². The summed E-state index contributed by atoms with van der Waals surface area (Å²) in [5.41, 5.74) is 2.84. The Balaban J connectivity index is 1.34. The summed E-state index contributed by atoms with van der Waals surface area (Å²) < 4.78 is 43.0. The molecule has 14 nitrogen and oxygen atoms in total. The predicted molar refractivity (Wildman–Crippen MR) is 205 cm³/mol. The number of methoxy groups -OCH3 is 2. The number of anilines is 1. The van der Waals surface area contributed by atoms with E-state index in [0.717, 1.165) is 21.8 Å². The lowest BCUT2D eigenvalue weighted by molar-refractivity contribution is -0.136. The molecule has 3 N–H and O–H groups in total. The third-order valence-corrected chi connectivity index (χ3v) is 11.0. The minimum absolute atomic E-state index is 0.0111. The van der Waals surface area contributed by atoms with Gasteiger partial charge in [-0.3, -0.25) is 34.1 Å². The molecule has 2 fully saturated rings. The first-order chi connectivity index (χ1) is 26.6. The Kier molecular flexibility index (Phi) is 12.9. The molecule has 3 heterocycles. The van der Waals surface area contributed by atoms with Crippen LogP contribution in [0.2, 0.25) is 0 Å². The molecular weight excluding hydrogens is 751 g/mol. The zero-order valence-electron chi connectivity index (χ0n) is 31.9. The Morgan fingerprint density at radius 1 is 1.05 bits per heavy atom. The van der Waals surface area contributed by atoms with Crippen LogP contribution in [-0.2, 0) is 20.9 Å². The second-order valence-electron chi connectivity index (χ2n) is 13.8. The van der Waals surface area contributed by atoms with Crippen LogP contribution in [0.1, 0.15) is 71.2 Å². The third kappa shape index (κ3) is 8.89. The fourth-order valence-electron chi connectivity index (χ4n) is 6.85. The van der Waals surface area contributed by atoms with Crippen LogP contribution in [0.4, 0.5) is 14.5 Å². The predicted octanol–water partition coefficient (Wildman–Crippen LogP) is 3.60. The van der Waals surface area contributed by atoms with E-state index in [1.807, 2.05) is 19.0 Å². The van der Waals surface area contributed by atoms with E-state index in [4.69, 9.17) is 9.47 Å². The summed E-state index contributed by atoms with van der Waals surface area (Å²) in [4.78, 5) is 79.5. The van der Waals surface area contributed by atoms with Crippen molar-refractivity contribution in [3.63, 3.8) is 0 Å². The van der Waals surface area contributed by atoms with Crippen molar-refractivity contribution in [2.75, 3.05) is 53.4 Å². The normalized spacial score (nSPS) is 18.2. The summed E-state index contributed by atoms with van der Waals surface area (Å²) in [7, 11) is 8.28. The largest absolute Gasteiger partial charge is 0.496 e. The topological polar surface area (TPSA) is 167 Å². The second kappa shape index (κ2) is 17.4. The fraction of sp³-hybridized carbons (Fsp3) is 0.385. The molecule has 5 rings (SSSR count). The highest BCUT2D eigenvalue weighted by Gasteiger charge is 2.46. The van der Waals surface area contributed by atoms with Gasteiger partial charge in [0.15, 0.2) is 6.29 Å². The summed E-state index contributed by atoms with van der Waals surface area (Å²) in [6, 6.07) is 6.89. The van der Waals surface area contributed by atoms with Crippen molar-refractivity contribution in [2.24, 2.45) is 0 Å². The van der Waals surface area contributed by atoms with Crippen LogP contribution in [0.3, 0.4) is 0 Å². The van der Waals surface area contributed by atoms with Gasteiger partial charge in [-0.25, -0.2) is 8.78 Å². The van der Waals surface area contributed by atoms with Gasteiger partial charge in [-0.2, -0.15) is 0 Å². The van der Waals surface area contributed by atoms with Gasteiger partial charge in [0, 0.05) is 54.5 Å². The Morgan fingerprint density at radius 3 is 2.34 bits per heavy atom. The lowest BCUT2D eigenvalue weighted by atomic mass is 9.98. The Hall–Kier alpha value is -5.68. The molecule has 3 aromatic rings. The molecule has 0 spiro atoms. The highest BCUT2D eigenvalue weighted by atomic mass is 32.1. The maximum absolute atomic E-state index is 15.8. The Morgan fingerprint density at radius 2 is 1.75 bits per heavy atom. The molecule has 2 aromatic carbocycles. The first-order valence-electron chi connectivity index (χ1n) is 17.7. The van der Waals surface area contributed by atoms with E-state index >= 15 is 8.78 Å². The summed E-state index contributed by atoms with van der Waals surface area (Å²) in [5, 5.41) is 7.28. The molecule has 2 aliphatic rings. The van der Waals surface area contributed by atoms with Gasteiger partial charge in [0.2, 0.25) is 18.2 Å². The van der Waals surface area contributed by atoms with Crippen LogP contribution < -0.4 is 30.3 Å². The van der Waals surface area contributed by atoms with E-state index in [1.165, 1.54) is 50.6 Å². The van der Waals surface area contributed by atoms with Gasteiger partial charge in [-0.05, 0) is 81.4 Å². The molecule has 298 valence electrons. The number of aldehydes is 1. The molecular formula is C39H44F2N6O8S. The Bertz CT molecular complexity index is 2040. The lowest BCUT2D eigenvalue weighted by Gasteiger charge is -2.40. The highest BCUT2D eigenvalue weighted by molar-refractivity contribution is 7.15. The van der Waals surface area contributed by atoms with Crippen molar-refractivity contribution in [3.05, 3.63) is 80.2 Å². The number of likely N-dealkylation sites (N-methyl/N-ethyl adjacent to an activating group) is 1. The number of hydrogen-bond acceptors (Lipinski definition) is 11. The maximum atomic E-state index is 15.8. The molecule has 17 heteroatoms. The third-order valence-electron chi connectivity index (χ3n) is 9.74. The molecule has 0 radical (unpaired) electrons. The first kappa shape index (κ1) is 41.5. The van der Waals surface area contributed by atoms with Crippen molar-refractivity contribution >= 4 is 58.9 Å². The number of aryl methyl sites for hydroxylation is 1. The summed E-state index contributed by atoms with van der Waals surface area (Å²) in [5.74, 6) is -4.77. The molecule has 2 aliphatic heterocycles. The fourth-order valence-corrected chi connectivity index (χ4v) is 7.96. The van der Waals surface area contributed by atoms with Crippen LogP contribution in [0.15, 0.2) is 42.6 Å². The van der Waals surface area contributed by atoms with Gasteiger partial charge in [0.05, 0.1) is 42.8 Å². The smallest absolute Gasteiger partial charge is 0.284 e. The summed E-state index contributed by atoms with van der Waals surface area (Å²) in [6.45, 7) is 1.60. The first-order valence-corrected chi connectivity index (χ1v) is 18.5. The van der Waals surface area contributed by atoms with E-state index in [1.54, 1.807) is 25.1 Å². The number of imide groups is 1. The van der Waals surface area contributed by atoms with Gasteiger partial charge in [-0.1, -0.05) is 0 Å². The average Bonchev–Trinajstić information content (AvgIpc) is 3.55. The SMILES string of the molecule is COc1cc(/C(=C/NC=O)c2sc(C(=O)NC3CCN(c4ccc(C=O)c(C(=O)N(C)C5CCC(=O)NC5=O)c4)CC3(F)F)cc2C)cc(OC)c1CN(C)C. The number of thiophene rings is 1. The van der Waals surface area contributed by atoms with Crippen LogP contribution in [0, 0.1) is 6.92 Å². The van der Waals surface area contributed by atoms with Crippen LogP contribution >= 0.6 is 11.3 Å². The molecule has 0 bridgehead atoms. The van der Waals surface area contributed by atoms with E-state index in [2.05, 4.69) is 16.0 Å². The monoisotopic (exact) mass is 794 g/mol. The van der Waals surface area contributed by atoms with E-state index in [-0.39, 0.29) is 47.5 Å². The number of halogens is 2. The minimum Gasteiger partial charge on any atom is -0.496 e. The van der Waals surface area contributed by atoms with Gasteiger partial charge >= 0.3 is 0 Å². The molecule has 2 atom stereocenters. The van der Waals surface area contributed by atoms with E-state index in [0.29, 0.717) is 52.3 Å². The van der Waals surface area contributed by atoms with Gasteiger partial charge in [0.1, 0.15) is 17.5 Å². The summed E-state index contributed by atoms with van der Waals surface area (Å²) in [6.07, 6.45) is 2.47. The van der Waals surface area contributed by atoms with E-state index in [9.17, 15) is 28.8 Å². The number of hydrogen-bond donors (Lipinski definition) is 3. The van der Waals surface area contributed by atoms with Crippen LogP contribution in [-0.4, -0.2) is 113 Å². The number of carbonyl (C=O) groups excluding carboxylic acids is 6. The number of rotatable bonds is 14. The maximum Gasteiger partial charge on any atom is 0.284 e. The number of nitrogens with zero attached hydrogens (tertiary/aromatic N) is 3. The molecule has 56 heavy (non-hydrogen) atoms. The van der Waals surface area contributed by atoms with Gasteiger partial charge in [0.25, 0.3) is 17.7 Å². The van der Waals surface area contributed by atoms with Crippen molar-refractivity contribution in [1.29, 1.82) is 0 Å². The second-order valence-corrected chi connectivity index (χ2v) is 14.9. The van der Waals surface area contributed by atoms with Crippen LogP contribution in [0.5, 0.6) is 11.5 Å². The molecule has 1 aromatic heterocycles.